The maximum absolute atomic E-state index is 12.6. The standard InChI is InChI=1S/C22H28ClN3O/c1-17(2)20-8-3-4-9-21(20)24-11-10-22(27)26-14-12-25(13-15-26)19-7-5-6-18(23)16-19/h3-9,16-17,24H,10-15H2,1-2H3. The van der Waals surface area contributed by atoms with Gasteiger partial charge in [-0.15, -0.1) is 0 Å². The summed E-state index contributed by atoms with van der Waals surface area (Å²) < 4.78 is 0. The van der Waals surface area contributed by atoms with E-state index < -0.39 is 0 Å². The highest BCUT2D eigenvalue weighted by atomic mass is 35.5. The molecule has 0 spiro atoms. The Labute approximate surface area is 167 Å². The van der Waals surface area contributed by atoms with Crippen LogP contribution in [0.1, 0.15) is 31.7 Å². The molecule has 2 aromatic carbocycles. The molecule has 1 fully saturated rings. The van der Waals surface area contributed by atoms with Crippen molar-refractivity contribution < 1.29 is 4.79 Å². The van der Waals surface area contributed by atoms with Gasteiger partial charge in [-0.3, -0.25) is 4.79 Å². The number of rotatable bonds is 6. The number of carbonyl (C=O) groups excluding carboxylic acids is 1. The van der Waals surface area contributed by atoms with Crippen molar-refractivity contribution in [1.82, 2.24) is 4.90 Å². The highest BCUT2D eigenvalue weighted by Gasteiger charge is 2.21. The van der Waals surface area contributed by atoms with Crippen molar-refractivity contribution in [2.24, 2.45) is 0 Å². The zero-order valence-electron chi connectivity index (χ0n) is 16.1. The number of carbonyl (C=O) groups is 1. The fourth-order valence-corrected chi connectivity index (χ4v) is 3.70. The SMILES string of the molecule is CC(C)c1ccccc1NCCC(=O)N1CCN(c2cccc(Cl)c2)CC1. The number of halogens is 1. The number of hydrogen-bond donors (Lipinski definition) is 1. The lowest BCUT2D eigenvalue weighted by atomic mass is 10.0. The van der Waals surface area contributed by atoms with Crippen molar-refractivity contribution in [3.8, 4) is 0 Å². The highest BCUT2D eigenvalue weighted by Crippen LogP contribution is 2.24. The van der Waals surface area contributed by atoms with Crippen molar-refractivity contribution in [2.45, 2.75) is 26.2 Å². The predicted octanol–water partition coefficient (Wildman–Crippen LogP) is 4.61. The van der Waals surface area contributed by atoms with Crippen LogP contribution in [0, 0.1) is 0 Å². The molecule has 27 heavy (non-hydrogen) atoms. The zero-order valence-corrected chi connectivity index (χ0v) is 16.9. The molecule has 1 aliphatic heterocycles. The van der Waals surface area contributed by atoms with Gasteiger partial charge in [0.15, 0.2) is 0 Å². The first-order valence-corrected chi connectivity index (χ1v) is 10.0. The van der Waals surface area contributed by atoms with Gasteiger partial charge >= 0.3 is 0 Å². The second-order valence-electron chi connectivity index (χ2n) is 7.27. The van der Waals surface area contributed by atoms with Crippen molar-refractivity contribution in [2.75, 3.05) is 42.9 Å². The van der Waals surface area contributed by atoms with Crippen LogP contribution in [0.25, 0.3) is 0 Å². The van der Waals surface area contributed by atoms with E-state index in [9.17, 15) is 4.79 Å². The quantitative estimate of drug-likeness (QED) is 0.788. The fraction of sp³-hybridized carbons (Fsp3) is 0.409. The third-order valence-electron chi connectivity index (χ3n) is 5.04. The Kier molecular flexibility index (Phi) is 6.62. The van der Waals surface area contributed by atoms with Crippen LogP contribution in [0.15, 0.2) is 48.5 Å². The summed E-state index contributed by atoms with van der Waals surface area (Å²) in [4.78, 5) is 16.8. The molecular formula is C22H28ClN3O. The molecular weight excluding hydrogens is 358 g/mol. The van der Waals surface area contributed by atoms with Crippen LogP contribution in [-0.4, -0.2) is 43.5 Å². The van der Waals surface area contributed by atoms with Crippen molar-refractivity contribution in [3.63, 3.8) is 0 Å². The molecule has 0 radical (unpaired) electrons. The molecule has 4 nitrogen and oxygen atoms in total. The van der Waals surface area contributed by atoms with Gasteiger partial charge in [0, 0.05) is 55.5 Å². The number of amides is 1. The minimum absolute atomic E-state index is 0.218. The molecule has 0 saturated carbocycles. The Morgan fingerprint density at radius 1 is 1.07 bits per heavy atom. The summed E-state index contributed by atoms with van der Waals surface area (Å²) in [5, 5.41) is 4.18. The zero-order chi connectivity index (χ0) is 19.2. The minimum Gasteiger partial charge on any atom is -0.384 e. The van der Waals surface area contributed by atoms with Crippen LogP contribution in [0.4, 0.5) is 11.4 Å². The average molecular weight is 386 g/mol. The molecule has 144 valence electrons. The Balaban J connectivity index is 1.46. The van der Waals surface area contributed by atoms with Gasteiger partial charge < -0.3 is 15.1 Å². The lowest BCUT2D eigenvalue weighted by Gasteiger charge is -2.36. The van der Waals surface area contributed by atoms with Gasteiger partial charge in [-0.1, -0.05) is 49.7 Å². The number of nitrogens with zero attached hydrogens (tertiary/aromatic N) is 2. The molecule has 1 N–H and O–H groups in total. The Morgan fingerprint density at radius 2 is 1.81 bits per heavy atom. The number of piperazine rings is 1. The minimum atomic E-state index is 0.218. The first-order valence-electron chi connectivity index (χ1n) is 9.65. The van der Waals surface area contributed by atoms with Crippen LogP contribution in [0.2, 0.25) is 5.02 Å². The van der Waals surface area contributed by atoms with Crippen molar-refractivity contribution >= 4 is 28.9 Å². The van der Waals surface area contributed by atoms with Crippen molar-refractivity contribution in [1.29, 1.82) is 0 Å². The van der Waals surface area contributed by atoms with Gasteiger partial charge in [-0.05, 0) is 35.7 Å². The third kappa shape index (κ3) is 5.16. The summed E-state index contributed by atoms with van der Waals surface area (Å²) in [6.07, 6.45) is 0.517. The normalized spacial score (nSPS) is 14.5. The van der Waals surface area contributed by atoms with Crippen LogP contribution in [-0.2, 0) is 4.79 Å². The van der Waals surface area contributed by atoms with E-state index >= 15 is 0 Å². The Hall–Kier alpha value is -2.20. The molecule has 0 bridgehead atoms. The summed E-state index contributed by atoms with van der Waals surface area (Å²) in [5.41, 5.74) is 3.55. The summed E-state index contributed by atoms with van der Waals surface area (Å²) in [6, 6.07) is 16.2. The van der Waals surface area contributed by atoms with Gasteiger partial charge in [0.25, 0.3) is 0 Å². The van der Waals surface area contributed by atoms with Crippen LogP contribution < -0.4 is 10.2 Å². The predicted molar refractivity (Wildman–Crippen MR) is 114 cm³/mol. The first-order chi connectivity index (χ1) is 13.0. The van der Waals surface area contributed by atoms with E-state index in [4.69, 9.17) is 11.6 Å². The van der Waals surface area contributed by atoms with Crippen LogP contribution in [0.3, 0.4) is 0 Å². The number of benzene rings is 2. The third-order valence-corrected chi connectivity index (χ3v) is 5.28. The van der Waals surface area contributed by atoms with Crippen LogP contribution >= 0.6 is 11.6 Å². The van der Waals surface area contributed by atoms with E-state index in [0.29, 0.717) is 18.9 Å². The van der Waals surface area contributed by atoms with Gasteiger partial charge in [0.2, 0.25) is 5.91 Å². The topological polar surface area (TPSA) is 35.6 Å². The molecule has 2 aromatic rings. The summed E-state index contributed by atoms with van der Waals surface area (Å²) in [7, 11) is 0. The van der Waals surface area contributed by atoms with E-state index in [2.05, 4.69) is 48.3 Å². The fourth-order valence-electron chi connectivity index (χ4n) is 3.51. The Morgan fingerprint density at radius 3 is 2.52 bits per heavy atom. The highest BCUT2D eigenvalue weighted by molar-refractivity contribution is 6.30. The molecule has 0 unspecified atom stereocenters. The summed E-state index contributed by atoms with van der Waals surface area (Å²) in [6.45, 7) is 8.24. The van der Waals surface area contributed by atoms with Gasteiger partial charge in [-0.2, -0.15) is 0 Å². The number of para-hydroxylation sites is 1. The molecule has 0 aliphatic carbocycles. The van der Waals surface area contributed by atoms with Crippen molar-refractivity contribution in [3.05, 3.63) is 59.1 Å². The molecule has 5 heteroatoms. The van der Waals surface area contributed by atoms with Crippen LogP contribution in [0.5, 0.6) is 0 Å². The molecule has 0 aromatic heterocycles. The second kappa shape index (κ2) is 9.14. The van der Waals surface area contributed by atoms with Gasteiger partial charge in [0.1, 0.15) is 0 Å². The molecule has 1 heterocycles. The molecule has 1 amide bonds. The van der Waals surface area contributed by atoms with E-state index in [1.165, 1.54) is 5.56 Å². The van der Waals surface area contributed by atoms with E-state index in [-0.39, 0.29) is 5.91 Å². The largest absolute Gasteiger partial charge is 0.384 e. The maximum Gasteiger partial charge on any atom is 0.224 e. The van der Waals surface area contributed by atoms with E-state index in [1.54, 1.807) is 0 Å². The number of anilines is 2. The first kappa shape index (κ1) is 19.6. The average Bonchev–Trinajstić information content (AvgIpc) is 2.68. The lowest BCUT2D eigenvalue weighted by molar-refractivity contribution is -0.131. The molecule has 0 atom stereocenters. The van der Waals surface area contributed by atoms with Gasteiger partial charge in [0.05, 0.1) is 0 Å². The van der Waals surface area contributed by atoms with Gasteiger partial charge in [-0.25, -0.2) is 0 Å². The lowest BCUT2D eigenvalue weighted by Crippen LogP contribution is -2.49. The smallest absolute Gasteiger partial charge is 0.224 e. The molecule has 1 saturated heterocycles. The maximum atomic E-state index is 12.6. The van der Waals surface area contributed by atoms with E-state index in [0.717, 1.165) is 42.6 Å². The number of hydrogen-bond acceptors (Lipinski definition) is 3. The van der Waals surface area contributed by atoms with E-state index in [1.807, 2.05) is 29.2 Å². The summed E-state index contributed by atoms with van der Waals surface area (Å²) >= 11 is 6.08. The Bertz CT molecular complexity index is 770. The second-order valence-corrected chi connectivity index (χ2v) is 7.70. The number of nitrogens with one attached hydrogen (secondary N) is 1. The molecule has 3 rings (SSSR count). The summed E-state index contributed by atoms with van der Waals surface area (Å²) in [5.74, 6) is 0.680. The monoisotopic (exact) mass is 385 g/mol. The molecule has 1 aliphatic rings.